The normalized spacial score (nSPS) is 20.5. The van der Waals surface area contributed by atoms with Gasteiger partial charge in [-0.25, -0.2) is 4.98 Å². The lowest BCUT2D eigenvalue weighted by molar-refractivity contribution is -0.121. The van der Waals surface area contributed by atoms with Gasteiger partial charge in [0.05, 0.1) is 19.1 Å². The van der Waals surface area contributed by atoms with Crippen LogP contribution in [0.15, 0.2) is 23.7 Å². The van der Waals surface area contributed by atoms with E-state index in [9.17, 15) is 4.79 Å². The van der Waals surface area contributed by atoms with E-state index in [2.05, 4.69) is 15.2 Å². The van der Waals surface area contributed by atoms with E-state index in [1.54, 1.807) is 18.4 Å². The highest BCUT2D eigenvalue weighted by Crippen LogP contribution is 2.49. The number of piperidine rings is 1. The number of hydrogen-bond acceptors (Lipinski definition) is 6. The lowest BCUT2D eigenvalue weighted by Gasteiger charge is -2.38. The first kappa shape index (κ1) is 16.9. The number of nitrogens with one attached hydrogen (secondary N) is 1. The lowest BCUT2D eigenvalue weighted by Crippen LogP contribution is -2.46. The summed E-state index contributed by atoms with van der Waals surface area (Å²) in [6, 6.07) is 3.95. The number of anilines is 2. The van der Waals surface area contributed by atoms with Gasteiger partial charge in [-0.05, 0) is 43.2 Å². The predicted octanol–water partition coefficient (Wildman–Crippen LogP) is 3.43. The molecule has 0 unspecified atom stereocenters. The Balaban J connectivity index is 1.42. The second-order valence-electron chi connectivity index (χ2n) is 7.64. The van der Waals surface area contributed by atoms with Crippen LogP contribution in [0.4, 0.5) is 10.8 Å². The van der Waals surface area contributed by atoms with E-state index in [0.29, 0.717) is 11.7 Å². The molecule has 1 spiro atoms. The Morgan fingerprint density at radius 3 is 2.78 bits per heavy atom. The maximum Gasteiger partial charge on any atom is 0.235 e. The van der Waals surface area contributed by atoms with E-state index in [1.165, 1.54) is 12.8 Å². The summed E-state index contributed by atoms with van der Waals surface area (Å²) >= 11 is 1.65. The Morgan fingerprint density at radius 2 is 2.11 bits per heavy atom. The Morgan fingerprint density at radius 1 is 1.30 bits per heavy atom. The van der Waals surface area contributed by atoms with Gasteiger partial charge in [0, 0.05) is 36.4 Å². The molecule has 6 nitrogen and oxygen atoms in total. The summed E-state index contributed by atoms with van der Waals surface area (Å²) in [6.45, 7) is 2.36. The number of thiazole rings is 1. The first-order valence-corrected chi connectivity index (χ1v) is 10.4. The number of hydrogen-bond donors (Lipinski definition) is 1. The van der Waals surface area contributed by atoms with Crippen molar-refractivity contribution in [3.8, 4) is 11.5 Å². The van der Waals surface area contributed by atoms with Crippen LogP contribution in [0.25, 0.3) is 0 Å². The summed E-state index contributed by atoms with van der Waals surface area (Å²) < 4.78 is 11.6. The van der Waals surface area contributed by atoms with Crippen LogP contribution in [-0.2, 0) is 10.2 Å². The highest BCUT2D eigenvalue weighted by molar-refractivity contribution is 7.13. The van der Waals surface area contributed by atoms with Crippen molar-refractivity contribution in [2.24, 2.45) is 5.92 Å². The molecule has 7 heteroatoms. The highest BCUT2D eigenvalue weighted by atomic mass is 32.1. The number of fused-ring (bicyclic) bond motifs is 2. The van der Waals surface area contributed by atoms with Gasteiger partial charge in [0.25, 0.3) is 0 Å². The summed E-state index contributed by atoms with van der Waals surface area (Å²) in [5.74, 6) is 2.20. The minimum absolute atomic E-state index is 0.0951. The number of amides is 1. The summed E-state index contributed by atoms with van der Waals surface area (Å²) in [7, 11) is 1.66. The van der Waals surface area contributed by atoms with Crippen molar-refractivity contribution in [1.82, 2.24) is 4.98 Å². The highest BCUT2D eigenvalue weighted by Gasteiger charge is 2.49. The number of nitrogens with zero attached hydrogens (tertiary/aromatic N) is 2. The van der Waals surface area contributed by atoms with Gasteiger partial charge in [-0.15, -0.1) is 11.3 Å². The van der Waals surface area contributed by atoms with E-state index >= 15 is 0 Å². The molecule has 142 valence electrons. The molecular weight excluding hydrogens is 362 g/mol. The van der Waals surface area contributed by atoms with E-state index < -0.39 is 5.41 Å². The summed E-state index contributed by atoms with van der Waals surface area (Å²) in [6.07, 6.45) is 5.86. The Labute approximate surface area is 162 Å². The fourth-order valence-corrected chi connectivity index (χ4v) is 4.83. The largest absolute Gasteiger partial charge is 0.493 e. The maximum absolute atomic E-state index is 13.0. The number of aromatic nitrogens is 1. The number of benzene rings is 1. The molecule has 3 heterocycles. The van der Waals surface area contributed by atoms with Crippen molar-refractivity contribution >= 4 is 28.1 Å². The molecule has 1 saturated carbocycles. The van der Waals surface area contributed by atoms with Gasteiger partial charge in [-0.1, -0.05) is 0 Å². The molecule has 1 N–H and O–H groups in total. The summed E-state index contributed by atoms with van der Waals surface area (Å²) in [5.41, 5.74) is 1.43. The third-order valence-corrected chi connectivity index (χ3v) is 6.81. The second kappa shape index (κ2) is 6.41. The van der Waals surface area contributed by atoms with Gasteiger partial charge in [-0.2, -0.15) is 0 Å². The minimum Gasteiger partial charge on any atom is -0.493 e. The third-order valence-electron chi connectivity index (χ3n) is 5.98. The first-order valence-electron chi connectivity index (χ1n) is 9.51. The van der Waals surface area contributed by atoms with Crippen molar-refractivity contribution in [2.75, 3.05) is 37.0 Å². The van der Waals surface area contributed by atoms with Crippen LogP contribution < -0.4 is 19.7 Å². The fraction of sp³-hybridized carbons (Fsp3) is 0.500. The molecule has 0 radical (unpaired) electrons. The van der Waals surface area contributed by atoms with Crippen LogP contribution in [0.1, 0.15) is 31.2 Å². The van der Waals surface area contributed by atoms with Gasteiger partial charge in [-0.3, -0.25) is 4.79 Å². The van der Waals surface area contributed by atoms with Crippen molar-refractivity contribution in [1.29, 1.82) is 0 Å². The predicted molar refractivity (Wildman–Crippen MR) is 105 cm³/mol. The number of rotatable bonds is 5. The van der Waals surface area contributed by atoms with Crippen LogP contribution >= 0.6 is 11.3 Å². The molecule has 3 aliphatic rings. The molecule has 0 bridgehead atoms. The lowest BCUT2D eigenvalue weighted by atomic mass is 9.73. The Kier molecular flexibility index (Phi) is 4.00. The third kappa shape index (κ3) is 2.84. The van der Waals surface area contributed by atoms with Crippen molar-refractivity contribution in [3.05, 3.63) is 29.3 Å². The van der Waals surface area contributed by atoms with E-state index in [0.717, 1.165) is 54.7 Å². The zero-order valence-corrected chi connectivity index (χ0v) is 16.2. The monoisotopic (exact) mass is 385 g/mol. The molecule has 2 aliphatic heterocycles. The summed E-state index contributed by atoms with van der Waals surface area (Å²) in [5, 5.41) is 6.12. The SMILES string of the molecule is COc1cc2c(cc1OCC1CC1)NC(=O)C21CCN(c2nccs2)CC1. The molecule has 1 aromatic heterocycles. The number of carbonyl (C=O) groups is 1. The number of ether oxygens (including phenoxy) is 2. The van der Waals surface area contributed by atoms with Gasteiger partial charge >= 0.3 is 0 Å². The maximum atomic E-state index is 13.0. The second-order valence-corrected chi connectivity index (χ2v) is 8.51. The molecule has 5 rings (SSSR count). The minimum atomic E-state index is -0.481. The van der Waals surface area contributed by atoms with Crippen LogP contribution in [0.2, 0.25) is 0 Å². The molecule has 0 atom stereocenters. The van der Waals surface area contributed by atoms with Gasteiger partial charge in [0.1, 0.15) is 0 Å². The van der Waals surface area contributed by atoms with E-state index in [1.807, 2.05) is 23.7 Å². The molecular formula is C20H23N3O3S. The smallest absolute Gasteiger partial charge is 0.235 e. The summed E-state index contributed by atoms with van der Waals surface area (Å²) in [4.78, 5) is 19.6. The number of methoxy groups -OCH3 is 1. The van der Waals surface area contributed by atoms with E-state index in [-0.39, 0.29) is 5.91 Å². The molecule has 1 aliphatic carbocycles. The average molecular weight is 385 g/mol. The average Bonchev–Trinajstić information content (AvgIpc) is 3.29. The van der Waals surface area contributed by atoms with E-state index in [4.69, 9.17) is 9.47 Å². The Bertz CT molecular complexity index is 856. The Hall–Kier alpha value is -2.28. The first-order chi connectivity index (χ1) is 13.2. The van der Waals surface area contributed by atoms with Crippen LogP contribution in [0.3, 0.4) is 0 Å². The van der Waals surface area contributed by atoms with Crippen molar-refractivity contribution in [3.63, 3.8) is 0 Å². The quantitative estimate of drug-likeness (QED) is 0.854. The molecule has 27 heavy (non-hydrogen) atoms. The van der Waals surface area contributed by atoms with Crippen molar-refractivity contribution in [2.45, 2.75) is 31.1 Å². The molecule has 1 saturated heterocycles. The van der Waals surface area contributed by atoms with Crippen molar-refractivity contribution < 1.29 is 14.3 Å². The van der Waals surface area contributed by atoms with Crippen LogP contribution in [0, 0.1) is 5.92 Å². The van der Waals surface area contributed by atoms with Crippen LogP contribution in [0.5, 0.6) is 11.5 Å². The molecule has 2 aromatic rings. The molecule has 1 amide bonds. The fourth-order valence-electron chi connectivity index (χ4n) is 4.14. The zero-order chi connectivity index (χ0) is 18.4. The zero-order valence-electron chi connectivity index (χ0n) is 15.4. The topological polar surface area (TPSA) is 63.7 Å². The molecule has 1 aromatic carbocycles. The van der Waals surface area contributed by atoms with Gasteiger partial charge in [0.15, 0.2) is 16.6 Å². The van der Waals surface area contributed by atoms with Crippen LogP contribution in [-0.4, -0.2) is 37.7 Å². The van der Waals surface area contributed by atoms with Gasteiger partial charge < -0.3 is 19.7 Å². The standard InChI is InChI=1S/C20H23N3O3S/c1-25-16-10-14-15(11-17(16)26-12-13-2-3-13)22-18(24)20(14)4-7-23(8-5-20)19-21-6-9-27-19/h6,9-11,13H,2-5,7-8,12H2,1H3,(H,22,24). The molecule has 2 fully saturated rings. The number of carbonyl (C=O) groups excluding carboxylic acids is 1. The van der Waals surface area contributed by atoms with Gasteiger partial charge in [0.2, 0.25) is 5.91 Å².